The number of hydrogen-bond acceptors (Lipinski definition) is 2. The molecule has 0 aliphatic heterocycles. The van der Waals surface area contributed by atoms with Gasteiger partial charge in [-0.25, -0.2) is 8.78 Å². The fraction of sp³-hybridized carbons (Fsp3) is 0.161. The molecule has 0 unspecified atom stereocenters. The molecule has 0 N–H and O–H groups in total. The Labute approximate surface area is 203 Å². The minimum atomic E-state index is -0.379. The van der Waals surface area contributed by atoms with Gasteiger partial charge in [-0.05, 0) is 107 Å². The molecule has 0 bridgehead atoms. The van der Waals surface area contributed by atoms with Crippen LogP contribution in [0.2, 0.25) is 0 Å². The van der Waals surface area contributed by atoms with Crippen molar-refractivity contribution >= 4 is 11.6 Å². The highest BCUT2D eigenvalue weighted by Gasteiger charge is 2.28. The van der Waals surface area contributed by atoms with E-state index in [1.54, 1.807) is 0 Å². The molecule has 0 spiro atoms. The molecule has 4 aromatic rings. The van der Waals surface area contributed by atoms with Crippen LogP contribution in [0.3, 0.4) is 0 Å². The lowest BCUT2D eigenvalue weighted by Crippen LogP contribution is -2.11. The van der Waals surface area contributed by atoms with Crippen LogP contribution in [0.25, 0.3) is 11.1 Å². The first-order valence-corrected chi connectivity index (χ1v) is 11.8. The van der Waals surface area contributed by atoms with Crippen molar-refractivity contribution in [2.24, 2.45) is 0 Å². The second kappa shape index (κ2) is 9.03. The maximum atomic E-state index is 13.5. The number of ketones is 2. The van der Waals surface area contributed by atoms with Crippen LogP contribution in [0.5, 0.6) is 0 Å². The first kappa shape index (κ1) is 22.9. The van der Waals surface area contributed by atoms with E-state index in [0.717, 1.165) is 33.4 Å². The Morgan fingerprint density at radius 3 is 1.83 bits per heavy atom. The molecule has 2 nitrogen and oxygen atoms in total. The monoisotopic (exact) mass is 466 g/mol. The third-order valence-corrected chi connectivity index (χ3v) is 6.83. The van der Waals surface area contributed by atoms with Crippen LogP contribution in [0.1, 0.15) is 67.9 Å². The zero-order chi connectivity index (χ0) is 24.7. The second-order valence-corrected chi connectivity index (χ2v) is 8.84. The van der Waals surface area contributed by atoms with Crippen molar-refractivity contribution in [3.8, 4) is 11.1 Å². The fourth-order valence-corrected chi connectivity index (χ4v) is 5.08. The van der Waals surface area contributed by atoms with E-state index in [2.05, 4.69) is 6.07 Å². The predicted molar refractivity (Wildman–Crippen MR) is 133 cm³/mol. The van der Waals surface area contributed by atoms with E-state index in [0.29, 0.717) is 41.5 Å². The molecule has 0 radical (unpaired) electrons. The predicted octanol–water partition coefficient (Wildman–Crippen LogP) is 7.12. The van der Waals surface area contributed by atoms with Crippen molar-refractivity contribution in [2.75, 3.05) is 0 Å². The van der Waals surface area contributed by atoms with Gasteiger partial charge in [-0.2, -0.15) is 0 Å². The second-order valence-electron chi connectivity index (χ2n) is 8.84. The van der Waals surface area contributed by atoms with Crippen LogP contribution in [0, 0.1) is 11.6 Å². The van der Waals surface area contributed by atoms with Gasteiger partial charge < -0.3 is 0 Å². The Hall–Kier alpha value is -3.92. The molecule has 4 heteroatoms. The van der Waals surface area contributed by atoms with Gasteiger partial charge in [-0.15, -0.1) is 0 Å². The van der Waals surface area contributed by atoms with Gasteiger partial charge in [-0.3, -0.25) is 9.59 Å². The summed E-state index contributed by atoms with van der Waals surface area (Å²) < 4.78 is 26.7. The van der Waals surface area contributed by atoms with E-state index in [9.17, 15) is 18.4 Å². The Bertz CT molecular complexity index is 1470. The lowest BCUT2D eigenvalue weighted by molar-refractivity contribution is 0.103. The number of carbonyl (C=O) groups is 2. The van der Waals surface area contributed by atoms with Gasteiger partial charge in [0.05, 0.1) is 0 Å². The number of aryl methyl sites for hydroxylation is 1. The van der Waals surface area contributed by atoms with Gasteiger partial charge >= 0.3 is 0 Å². The van der Waals surface area contributed by atoms with Gasteiger partial charge in [0, 0.05) is 22.3 Å². The molecule has 0 atom stereocenters. The molecular weight excluding hydrogens is 442 g/mol. The highest BCUT2D eigenvalue weighted by Crippen LogP contribution is 2.42. The summed E-state index contributed by atoms with van der Waals surface area (Å²) in [6.07, 6.45) is 2.01. The zero-order valence-corrected chi connectivity index (χ0v) is 19.6. The van der Waals surface area contributed by atoms with Crippen molar-refractivity contribution in [2.45, 2.75) is 33.1 Å². The molecule has 0 fully saturated rings. The van der Waals surface area contributed by atoms with Crippen molar-refractivity contribution in [3.63, 3.8) is 0 Å². The van der Waals surface area contributed by atoms with Gasteiger partial charge in [0.15, 0.2) is 11.6 Å². The molecule has 0 heterocycles. The first-order valence-electron chi connectivity index (χ1n) is 11.8. The largest absolute Gasteiger partial charge is 0.289 e. The van der Waals surface area contributed by atoms with Crippen LogP contribution < -0.4 is 0 Å². The van der Waals surface area contributed by atoms with Crippen molar-refractivity contribution < 1.29 is 18.4 Å². The third kappa shape index (κ3) is 3.99. The Balaban J connectivity index is 1.57. The van der Waals surface area contributed by atoms with E-state index < -0.39 is 0 Å². The van der Waals surface area contributed by atoms with Gasteiger partial charge in [-0.1, -0.05) is 32.0 Å². The molecule has 0 amide bonds. The fourth-order valence-electron chi connectivity index (χ4n) is 5.08. The summed E-state index contributed by atoms with van der Waals surface area (Å²) in [6.45, 7) is 4.08. The Morgan fingerprint density at radius 1 is 0.686 bits per heavy atom. The minimum absolute atomic E-state index is 0.0929. The molecule has 35 heavy (non-hydrogen) atoms. The lowest BCUT2D eigenvalue weighted by atomic mass is 9.85. The summed E-state index contributed by atoms with van der Waals surface area (Å²) in [5, 5.41) is 0. The summed E-state index contributed by atoms with van der Waals surface area (Å²) in [7, 11) is 0. The van der Waals surface area contributed by atoms with Crippen LogP contribution in [-0.2, 0) is 19.3 Å². The lowest BCUT2D eigenvalue weighted by Gasteiger charge is -2.17. The average molecular weight is 467 g/mol. The van der Waals surface area contributed by atoms with Crippen molar-refractivity contribution in [3.05, 3.63) is 129 Å². The molecule has 0 saturated heterocycles. The van der Waals surface area contributed by atoms with Crippen molar-refractivity contribution in [1.29, 1.82) is 0 Å². The number of halogens is 2. The number of carbonyl (C=O) groups excluding carboxylic acids is 2. The number of fused-ring (bicyclic) bond motifs is 3. The molecule has 4 aromatic carbocycles. The summed E-state index contributed by atoms with van der Waals surface area (Å²) in [4.78, 5) is 26.5. The SMILES string of the molecule is CCc1cc2c(c(CC)c1C(=O)c1ccc(F)cc1)Cc1cc(C(=O)c3ccc(F)cc3)ccc1-2. The van der Waals surface area contributed by atoms with Crippen LogP contribution >= 0.6 is 0 Å². The topological polar surface area (TPSA) is 34.1 Å². The molecule has 0 aromatic heterocycles. The maximum absolute atomic E-state index is 13.5. The molecule has 174 valence electrons. The molecular formula is C31H24F2O2. The van der Waals surface area contributed by atoms with E-state index in [1.165, 1.54) is 48.5 Å². The van der Waals surface area contributed by atoms with Crippen LogP contribution in [-0.4, -0.2) is 11.6 Å². The van der Waals surface area contributed by atoms with E-state index >= 15 is 0 Å². The normalized spacial score (nSPS) is 11.8. The quantitative estimate of drug-likeness (QED) is 0.250. The molecule has 1 aliphatic rings. The van der Waals surface area contributed by atoms with Crippen LogP contribution in [0.15, 0.2) is 72.8 Å². The van der Waals surface area contributed by atoms with E-state index in [4.69, 9.17) is 0 Å². The Kier molecular flexibility index (Phi) is 5.89. The summed E-state index contributed by atoms with van der Waals surface area (Å²) in [5.74, 6) is -0.996. The summed E-state index contributed by atoms with van der Waals surface area (Å²) >= 11 is 0. The number of benzene rings is 4. The summed E-state index contributed by atoms with van der Waals surface area (Å²) in [6, 6.07) is 19.1. The molecule has 0 saturated carbocycles. The van der Waals surface area contributed by atoms with Crippen LogP contribution in [0.4, 0.5) is 8.78 Å². The van der Waals surface area contributed by atoms with Gasteiger partial charge in [0.1, 0.15) is 11.6 Å². The number of rotatable bonds is 6. The van der Waals surface area contributed by atoms with E-state index in [1.807, 2.05) is 32.0 Å². The maximum Gasteiger partial charge on any atom is 0.193 e. The third-order valence-electron chi connectivity index (χ3n) is 6.83. The molecule has 5 rings (SSSR count). The number of hydrogen-bond donors (Lipinski definition) is 0. The smallest absolute Gasteiger partial charge is 0.193 e. The first-order chi connectivity index (χ1) is 16.9. The van der Waals surface area contributed by atoms with E-state index in [-0.39, 0.29) is 23.2 Å². The highest BCUT2D eigenvalue weighted by atomic mass is 19.1. The molecule has 1 aliphatic carbocycles. The van der Waals surface area contributed by atoms with Crippen molar-refractivity contribution in [1.82, 2.24) is 0 Å². The standard InChI is InChI=1S/C31H24F2O2/c1-3-18-16-28-26-14-9-21(30(34)19-5-10-23(32)11-6-19)15-22(26)17-27(28)25(4-2)29(18)31(35)20-7-12-24(33)13-8-20/h5-16H,3-4,17H2,1-2H3. The zero-order valence-electron chi connectivity index (χ0n) is 19.6. The average Bonchev–Trinajstić information content (AvgIpc) is 3.25. The van der Waals surface area contributed by atoms with Gasteiger partial charge in [0.2, 0.25) is 0 Å². The summed E-state index contributed by atoms with van der Waals surface area (Å²) in [5.41, 5.74) is 8.47. The highest BCUT2D eigenvalue weighted by molar-refractivity contribution is 6.12. The Morgan fingerprint density at radius 2 is 1.26 bits per heavy atom. The minimum Gasteiger partial charge on any atom is -0.289 e. The van der Waals surface area contributed by atoms with Gasteiger partial charge in [0.25, 0.3) is 0 Å².